The highest BCUT2D eigenvalue weighted by atomic mass is 16.5. The number of carbonyl (C=O) groups is 2. The SMILES string of the molecule is CCNC(=O)CCNCC(=O)OC(C)C. The first-order chi connectivity index (χ1) is 7.06. The van der Waals surface area contributed by atoms with Gasteiger partial charge in [-0.1, -0.05) is 0 Å². The number of carbonyl (C=O) groups excluding carboxylic acids is 2. The largest absolute Gasteiger partial charge is 0.462 e. The Morgan fingerprint density at radius 3 is 2.53 bits per heavy atom. The van der Waals surface area contributed by atoms with Crippen LogP contribution < -0.4 is 10.6 Å². The molecule has 0 aliphatic heterocycles. The Morgan fingerprint density at radius 2 is 2.00 bits per heavy atom. The topological polar surface area (TPSA) is 67.4 Å². The lowest BCUT2D eigenvalue weighted by atomic mass is 10.4. The number of rotatable bonds is 7. The van der Waals surface area contributed by atoms with Gasteiger partial charge >= 0.3 is 5.97 Å². The molecule has 0 rings (SSSR count). The highest BCUT2D eigenvalue weighted by Gasteiger charge is 2.05. The van der Waals surface area contributed by atoms with Gasteiger partial charge in [0.05, 0.1) is 12.6 Å². The molecule has 0 fully saturated rings. The Bertz CT molecular complexity index is 205. The van der Waals surface area contributed by atoms with Gasteiger partial charge < -0.3 is 15.4 Å². The van der Waals surface area contributed by atoms with Gasteiger partial charge in [-0.3, -0.25) is 9.59 Å². The van der Waals surface area contributed by atoms with Crippen LogP contribution in [0, 0.1) is 0 Å². The predicted octanol–water partition coefficient (Wildman–Crippen LogP) is 0.0538. The van der Waals surface area contributed by atoms with E-state index < -0.39 is 0 Å². The first-order valence-electron chi connectivity index (χ1n) is 5.23. The number of nitrogens with one attached hydrogen (secondary N) is 2. The van der Waals surface area contributed by atoms with Crippen molar-refractivity contribution in [3.05, 3.63) is 0 Å². The van der Waals surface area contributed by atoms with Gasteiger partial charge in [-0.2, -0.15) is 0 Å². The Labute approximate surface area is 90.6 Å². The lowest BCUT2D eigenvalue weighted by Crippen LogP contribution is -2.31. The minimum Gasteiger partial charge on any atom is -0.462 e. The van der Waals surface area contributed by atoms with Crippen LogP contribution >= 0.6 is 0 Å². The minimum atomic E-state index is -0.291. The van der Waals surface area contributed by atoms with Crippen molar-refractivity contribution in [2.75, 3.05) is 19.6 Å². The summed E-state index contributed by atoms with van der Waals surface area (Å²) in [6.45, 7) is 6.73. The van der Waals surface area contributed by atoms with E-state index in [0.29, 0.717) is 19.5 Å². The fourth-order valence-corrected chi connectivity index (χ4v) is 0.982. The van der Waals surface area contributed by atoms with Gasteiger partial charge in [0.2, 0.25) is 5.91 Å². The Morgan fingerprint density at radius 1 is 1.33 bits per heavy atom. The van der Waals surface area contributed by atoms with E-state index in [4.69, 9.17) is 4.74 Å². The molecule has 0 aliphatic rings. The van der Waals surface area contributed by atoms with Crippen molar-refractivity contribution >= 4 is 11.9 Å². The average molecular weight is 216 g/mol. The van der Waals surface area contributed by atoms with Crippen LogP contribution in [0.5, 0.6) is 0 Å². The van der Waals surface area contributed by atoms with Crippen molar-refractivity contribution in [3.8, 4) is 0 Å². The van der Waals surface area contributed by atoms with Crippen LogP contribution in [0.25, 0.3) is 0 Å². The number of hydrogen-bond acceptors (Lipinski definition) is 4. The quantitative estimate of drug-likeness (QED) is 0.466. The summed E-state index contributed by atoms with van der Waals surface area (Å²) in [4.78, 5) is 22.0. The van der Waals surface area contributed by atoms with Gasteiger partial charge in [0.1, 0.15) is 0 Å². The molecule has 0 heterocycles. The zero-order valence-corrected chi connectivity index (χ0v) is 9.63. The molecule has 5 nitrogen and oxygen atoms in total. The molecule has 5 heteroatoms. The van der Waals surface area contributed by atoms with Crippen LogP contribution in [0.3, 0.4) is 0 Å². The van der Waals surface area contributed by atoms with E-state index in [9.17, 15) is 9.59 Å². The molecule has 88 valence electrons. The summed E-state index contributed by atoms with van der Waals surface area (Å²) in [5, 5.41) is 5.52. The molecule has 0 aromatic carbocycles. The van der Waals surface area contributed by atoms with Crippen LogP contribution in [-0.2, 0) is 14.3 Å². The van der Waals surface area contributed by atoms with E-state index >= 15 is 0 Å². The Hall–Kier alpha value is -1.10. The number of hydrogen-bond donors (Lipinski definition) is 2. The van der Waals surface area contributed by atoms with Crippen molar-refractivity contribution in [2.45, 2.75) is 33.3 Å². The lowest BCUT2D eigenvalue weighted by molar-refractivity contribution is -0.146. The summed E-state index contributed by atoms with van der Waals surface area (Å²) >= 11 is 0. The predicted molar refractivity (Wildman–Crippen MR) is 57.4 cm³/mol. The normalized spacial score (nSPS) is 10.1. The molecule has 0 aromatic heterocycles. The second-order valence-corrected chi connectivity index (χ2v) is 3.42. The van der Waals surface area contributed by atoms with Gasteiger partial charge in [-0.15, -0.1) is 0 Å². The van der Waals surface area contributed by atoms with Gasteiger partial charge in [0, 0.05) is 19.5 Å². The van der Waals surface area contributed by atoms with E-state index in [-0.39, 0.29) is 24.5 Å². The highest BCUT2D eigenvalue weighted by Crippen LogP contribution is 1.87. The van der Waals surface area contributed by atoms with Gasteiger partial charge in [-0.25, -0.2) is 0 Å². The second kappa shape index (κ2) is 8.23. The maximum Gasteiger partial charge on any atom is 0.320 e. The number of esters is 1. The molecule has 0 aliphatic carbocycles. The molecule has 0 saturated heterocycles. The van der Waals surface area contributed by atoms with Crippen molar-refractivity contribution in [3.63, 3.8) is 0 Å². The smallest absolute Gasteiger partial charge is 0.320 e. The molecule has 0 aromatic rings. The van der Waals surface area contributed by atoms with E-state index in [2.05, 4.69) is 10.6 Å². The highest BCUT2D eigenvalue weighted by molar-refractivity contribution is 5.76. The van der Waals surface area contributed by atoms with Crippen molar-refractivity contribution in [1.82, 2.24) is 10.6 Å². The zero-order chi connectivity index (χ0) is 11.7. The molecule has 0 bridgehead atoms. The molecule has 0 atom stereocenters. The summed E-state index contributed by atoms with van der Waals surface area (Å²) in [6, 6.07) is 0. The fraction of sp³-hybridized carbons (Fsp3) is 0.800. The van der Waals surface area contributed by atoms with Crippen molar-refractivity contribution in [2.24, 2.45) is 0 Å². The Balaban J connectivity index is 3.38. The lowest BCUT2D eigenvalue weighted by Gasteiger charge is -2.08. The van der Waals surface area contributed by atoms with E-state index in [0.717, 1.165) is 0 Å². The third-order valence-corrected chi connectivity index (χ3v) is 1.54. The van der Waals surface area contributed by atoms with Gasteiger partial charge in [0.15, 0.2) is 0 Å². The number of amides is 1. The summed E-state index contributed by atoms with van der Waals surface area (Å²) in [6.07, 6.45) is 0.283. The summed E-state index contributed by atoms with van der Waals surface area (Å²) < 4.78 is 4.90. The summed E-state index contributed by atoms with van der Waals surface area (Å²) in [7, 11) is 0. The third kappa shape index (κ3) is 9.21. The summed E-state index contributed by atoms with van der Waals surface area (Å²) in [5.74, 6) is -0.303. The first kappa shape index (κ1) is 13.9. The molecule has 15 heavy (non-hydrogen) atoms. The number of ether oxygens (including phenoxy) is 1. The van der Waals surface area contributed by atoms with Crippen molar-refractivity contribution in [1.29, 1.82) is 0 Å². The Kier molecular flexibility index (Phi) is 7.62. The molecule has 1 amide bonds. The molecular weight excluding hydrogens is 196 g/mol. The van der Waals surface area contributed by atoms with Crippen LogP contribution in [0.15, 0.2) is 0 Å². The third-order valence-electron chi connectivity index (χ3n) is 1.54. The maximum atomic E-state index is 11.0. The van der Waals surface area contributed by atoms with Crippen LogP contribution in [0.2, 0.25) is 0 Å². The molecule has 0 radical (unpaired) electrons. The van der Waals surface area contributed by atoms with E-state index in [1.165, 1.54) is 0 Å². The first-order valence-corrected chi connectivity index (χ1v) is 5.23. The molecule has 2 N–H and O–H groups in total. The fourth-order valence-electron chi connectivity index (χ4n) is 0.982. The monoisotopic (exact) mass is 216 g/mol. The maximum absolute atomic E-state index is 11.0. The second-order valence-electron chi connectivity index (χ2n) is 3.42. The zero-order valence-electron chi connectivity index (χ0n) is 9.63. The molecule has 0 spiro atoms. The molecular formula is C10H20N2O3. The van der Waals surface area contributed by atoms with Crippen molar-refractivity contribution < 1.29 is 14.3 Å². The molecule has 0 unspecified atom stereocenters. The minimum absolute atomic E-state index is 0.0118. The van der Waals surface area contributed by atoms with Gasteiger partial charge in [0.25, 0.3) is 0 Å². The molecule has 0 saturated carbocycles. The standard InChI is InChI=1S/C10H20N2O3/c1-4-12-9(13)5-6-11-7-10(14)15-8(2)3/h8,11H,4-7H2,1-3H3,(H,12,13). The van der Waals surface area contributed by atoms with Gasteiger partial charge in [-0.05, 0) is 20.8 Å². The van der Waals surface area contributed by atoms with E-state index in [1.807, 2.05) is 6.92 Å². The van der Waals surface area contributed by atoms with Crippen LogP contribution in [0.1, 0.15) is 27.2 Å². The van der Waals surface area contributed by atoms with E-state index in [1.54, 1.807) is 13.8 Å². The summed E-state index contributed by atoms with van der Waals surface area (Å²) in [5.41, 5.74) is 0. The van der Waals surface area contributed by atoms with Crippen LogP contribution in [-0.4, -0.2) is 37.6 Å². The average Bonchev–Trinajstić information content (AvgIpc) is 2.12. The van der Waals surface area contributed by atoms with Crippen LogP contribution in [0.4, 0.5) is 0 Å².